The van der Waals surface area contributed by atoms with Crippen LogP contribution in [0.15, 0.2) is 54.2 Å². The Hall–Kier alpha value is -2.15. The molecule has 0 fully saturated rings. The first kappa shape index (κ1) is 14.4. The van der Waals surface area contributed by atoms with Crippen LogP contribution >= 0.6 is 34.3 Å². The van der Waals surface area contributed by atoms with Gasteiger partial charge >= 0.3 is 0 Å². The second-order valence-corrected chi connectivity index (χ2v) is 7.36. The van der Waals surface area contributed by atoms with Gasteiger partial charge in [-0.3, -0.25) is 0 Å². The molecule has 4 nitrogen and oxygen atoms in total. The Bertz CT molecular complexity index is 927. The molecule has 7 heteroatoms. The van der Waals surface area contributed by atoms with Crippen LogP contribution in [0.25, 0.3) is 22.0 Å². The van der Waals surface area contributed by atoms with Crippen molar-refractivity contribution in [1.29, 1.82) is 0 Å². The smallest absolute Gasteiger partial charge is 0.187 e. The number of hydrogen-bond acceptors (Lipinski definition) is 5. The van der Waals surface area contributed by atoms with E-state index in [4.69, 9.17) is 11.6 Å². The first-order valence-corrected chi connectivity index (χ1v) is 8.93. The van der Waals surface area contributed by atoms with E-state index in [1.165, 1.54) is 11.3 Å². The van der Waals surface area contributed by atoms with Crippen LogP contribution in [0.2, 0.25) is 4.34 Å². The first-order chi connectivity index (χ1) is 11.3. The van der Waals surface area contributed by atoms with Gasteiger partial charge in [0.2, 0.25) is 0 Å². The number of aromatic nitrogens is 3. The van der Waals surface area contributed by atoms with Crippen molar-refractivity contribution in [3.63, 3.8) is 0 Å². The summed E-state index contributed by atoms with van der Waals surface area (Å²) in [6.07, 6.45) is 3.56. The van der Waals surface area contributed by atoms with Crippen LogP contribution in [0.1, 0.15) is 0 Å². The Morgan fingerprint density at radius 3 is 2.91 bits per heavy atom. The van der Waals surface area contributed by atoms with E-state index in [1.807, 2.05) is 48.0 Å². The summed E-state index contributed by atoms with van der Waals surface area (Å²) in [7, 11) is 0. The molecule has 4 aromatic rings. The molecule has 3 heterocycles. The van der Waals surface area contributed by atoms with Crippen LogP contribution in [0.4, 0.5) is 10.8 Å². The van der Waals surface area contributed by atoms with E-state index in [0.29, 0.717) is 0 Å². The number of H-pyrrole nitrogens is 1. The summed E-state index contributed by atoms with van der Waals surface area (Å²) in [6.45, 7) is 0. The van der Waals surface area contributed by atoms with Gasteiger partial charge in [0.1, 0.15) is 5.82 Å². The van der Waals surface area contributed by atoms with Crippen molar-refractivity contribution < 1.29 is 0 Å². The highest BCUT2D eigenvalue weighted by Gasteiger charge is 2.08. The number of nitrogens with zero attached hydrogens (tertiary/aromatic N) is 2. The van der Waals surface area contributed by atoms with Crippen molar-refractivity contribution in [1.82, 2.24) is 15.0 Å². The van der Waals surface area contributed by atoms with E-state index >= 15 is 0 Å². The number of hydrogen-bond donors (Lipinski definition) is 2. The van der Waals surface area contributed by atoms with Gasteiger partial charge in [-0.15, -0.1) is 22.7 Å². The van der Waals surface area contributed by atoms with Crippen molar-refractivity contribution in [3.8, 4) is 22.0 Å². The number of halogens is 1. The monoisotopic (exact) mass is 358 g/mol. The molecule has 0 bridgehead atoms. The number of nitrogens with one attached hydrogen (secondary N) is 2. The third-order valence-corrected chi connectivity index (χ3v) is 5.23. The van der Waals surface area contributed by atoms with Crippen LogP contribution in [0.5, 0.6) is 0 Å². The van der Waals surface area contributed by atoms with Gasteiger partial charge < -0.3 is 10.3 Å². The second kappa shape index (κ2) is 6.16. The molecule has 23 heavy (non-hydrogen) atoms. The molecule has 0 unspecified atom stereocenters. The fraction of sp³-hybridized carbons (Fsp3) is 0. The summed E-state index contributed by atoms with van der Waals surface area (Å²) < 4.78 is 0.772. The molecular weight excluding hydrogens is 348 g/mol. The minimum absolute atomic E-state index is 0.772. The average molecular weight is 359 g/mol. The molecule has 0 amide bonds. The molecule has 0 aliphatic heterocycles. The molecule has 1 aromatic carbocycles. The molecule has 0 atom stereocenters. The van der Waals surface area contributed by atoms with Gasteiger partial charge in [0.15, 0.2) is 5.13 Å². The molecule has 2 N–H and O–H groups in total. The van der Waals surface area contributed by atoms with E-state index in [2.05, 4.69) is 20.3 Å². The zero-order valence-electron chi connectivity index (χ0n) is 11.8. The van der Waals surface area contributed by atoms with Crippen molar-refractivity contribution in [2.24, 2.45) is 0 Å². The molecular formula is C16H11ClN4S2. The van der Waals surface area contributed by atoms with Gasteiger partial charge in [0.25, 0.3) is 0 Å². The van der Waals surface area contributed by atoms with Gasteiger partial charge in [-0.1, -0.05) is 23.7 Å². The molecule has 3 aromatic heterocycles. The third-order valence-electron chi connectivity index (χ3n) is 3.22. The summed E-state index contributed by atoms with van der Waals surface area (Å²) in [5, 5.41) is 6.22. The number of anilines is 2. The highest BCUT2D eigenvalue weighted by atomic mass is 35.5. The minimum Gasteiger partial charge on any atom is -0.345 e. The zero-order chi connectivity index (χ0) is 15.6. The van der Waals surface area contributed by atoms with E-state index in [9.17, 15) is 0 Å². The van der Waals surface area contributed by atoms with E-state index in [-0.39, 0.29) is 0 Å². The van der Waals surface area contributed by atoms with Crippen LogP contribution in [-0.4, -0.2) is 15.0 Å². The molecule has 0 aliphatic rings. The molecule has 0 aliphatic carbocycles. The van der Waals surface area contributed by atoms with Crippen molar-refractivity contribution in [2.75, 3.05) is 5.32 Å². The topological polar surface area (TPSA) is 53.6 Å². The number of thiazole rings is 1. The normalized spacial score (nSPS) is 10.8. The largest absolute Gasteiger partial charge is 0.345 e. The summed E-state index contributed by atoms with van der Waals surface area (Å²) in [5.74, 6) is 0.849. The number of rotatable bonds is 4. The summed E-state index contributed by atoms with van der Waals surface area (Å²) >= 11 is 9.08. The van der Waals surface area contributed by atoms with Gasteiger partial charge in [-0.25, -0.2) is 9.97 Å². The maximum atomic E-state index is 5.98. The highest BCUT2D eigenvalue weighted by Crippen LogP contribution is 2.33. The van der Waals surface area contributed by atoms with Crippen LogP contribution in [0.3, 0.4) is 0 Å². The van der Waals surface area contributed by atoms with Crippen LogP contribution in [-0.2, 0) is 0 Å². The zero-order valence-corrected chi connectivity index (χ0v) is 14.2. The van der Waals surface area contributed by atoms with Crippen molar-refractivity contribution >= 4 is 45.1 Å². The van der Waals surface area contributed by atoms with Gasteiger partial charge in [0, 0.05) is 29.0 Å². The predicted molar refractivity (Wildman–Crippen MR) is 97.7 cm³/mol. The van der Waals surface area contributed by atoms with Gasteiger partial charge in [0.05, 0.1) is 14.9 Å². The molecule has 114 valence electrons. The predicted octanol–water partition coefficient (Wildman–Crippen LogP) is 5.66. The van der Waals surface area contributed by atoms with E-state index in [1.54, 1.807) is 17.5 Å². The van der Waals surface area contributed by atoms with Crippen molar-refractivity contribution in [3.05, 3.63) is 58.5 Å². The van der Waals surface area contributed by atoms with E-state index < -0.39 is 0 Å². The average Bonchev–Trinajstić information content (AvgIpc) is 3.28. The Morgan fingerprint density at radius 1 is 1.17 bits per heavy atom. The Morgan fingerprint density at radius 2 is 2.13 bits per heavy atom. The molecule has 0 saturated carbocycles. The maximum absolute atomic E-state index is 5.98. The third kappa shape index (κ3) is 3.14. The summed E-state index contributed by atoms with van der Waals surface area (Å²) in [5.41, 5.74) is 2.95. The van der Waals surface area contributed by atoms with Crippen LogP contribution in [0, 0.1) is 0 Å². The Labute approximate surface area is 145 Å². The second-order valence-electron chi connectivity index (χ2n) is 4.79. The fourth-order valence-electron chi connectivity index (χ4n) is 2.19. The van der Waals surface area contributed by atoms with E-state index in [0.717, 1.165) is 37.1 Å². The standard InChI is InChI=1S/C16H11ClN4S2/c17-14-5-4-13(23-14)12-9-22-16(21-12)20-11-3-1-2-10(8-11)15-18-6-7-19-15/h1-9H,(H,18,19)(H,20,21). The van der Waals surface area contributed by atoms with Crippen LogP contribution < -0.4 is 5.32 Å². The molecule has 0 radical (unpaired) electrons. The number of aromatic amines is 1. The number of thiophene rings is 1. The number of benzene rings is 1. The van der Waals surface area contributed by atoms with Gasteiger partial charge in [-0.2, -0.15) is 0 Å². The SMILES string of the molecule is Clc1ccc(-c2csc(Nc3cccc(-c4ncc[nH]4)c3)n2)s1. The molecule has 4 rings (SSSR count). The fourth-order valence-corrected chi connectivity index (χ4v) is 4.00. The lowest BCUT2D eigenvalue weighted by molar-refractivity contribution is 1.31. The lowest BCUT2D eigenvalue weighted by Crippen LogP contribution is -1.90. The quantitative estimate of drug-likeness (QED) is 0.495. The number of imidazole rings is 1. The minimum atomic E-state index is 0.772. The molecule has 0 spiro atoms. The lowest BCUT2D eigenvalue weighted by atomic mass is 10.2. The maximum Gasteiger partial charge on any atom is 0.187 e. The molecule has 0 saturated heterocycles. The Kier molecular flexibility index (Phi) is 3.87. The highest BCUT2D eigenvalue weighted by molar-refractivity contribution is 7.20. The summed E-state index contributed by atoms with van der Waals surface area (Å²) in [6, 6.07) is 11.9. The Balaban J connectivity index is 1.57. The first-order valence-electron chi connectivity index (χ1n) is 6.86. The lowest BCUT2D eigenvalue weighted by Gasteiger charge is -2.04. The summed E-state index contributed by atoms with van der Waals surface area (Å²) in [4.78, 5) is 13.1. The van der Waals surface area contributed by atoms with Crippen molar-refractivity contribution in [2.45, 2.75) is 0 Å². The van der Waals surface area contributed by atoms with Gasteiger partial charge in [-0.05, 0) is 24.3 Å².